The molecule has 1 heterocycles. The van der Waals surface area contributed by atoms with Crippen LogP contribution in [0.3, 0.4) is 0 Å². The Bertz CT molecular complexity index is 877. The molecule has 1 atom stereocenters. The molecule has 4 nitrogen and oxygen atoms in total. The highest BCUT2D eigenvalue weighted by Crippen LogP contribution is 2.31. The lowest BCUT2D eigenvalue weighted by Gasteiger charge is -2.12. The van der Waals surface area contributed by atoms with Gasteiger partial charge in [-0.2, -0.15) is 0 Å². The van der Waals surface area contributed by atoms with Crippen molar-refractivity contribution in [1.82, 2.24) is 0 Å². The molecule has 0 bridgehead atoms. The van der Waals surface area contributed by atoms with Gasteiger partial charge in [-0.15, -0.1) is 0 Å². The summed E-state index contributed by atoms with van der Waals surface area (Å²) in [5.74, 6) is 0. The minimum Gasteiger partial charge on any atom is -0.459 e. The molecule has 2 aromatic carbocycles. The third-order valence-corrected chi connectivity index (χ3v) is 5.82. The van der Waals surface area contributed by atoms with Crippen molar-refractivity contribution < 1.29 is 13.2 Å². The summed E-state index contributed by atoms with van der Waals surface area (Å²) in [5.41, 5.74) is 1.71. The SMILES string of the molecule is Cc1ccc(S(=O)(=O)C2=NC[C@@H](c3ccc(Cl)c(Cl)c3)O2)cc1. The van der Waals surface area contributed by atoms with Gasteiger partial charge in [0.05, 0.1) is 21.5 Å². The largest absolute Gasteiger partial charge is 0.459 e. The number of rotatable bonds is 2. The van der Waals surface area contributed by atoms with Crippen LogP contribution in [-0.4, -0.2) is 20.2 Å². The van der Waals surface area contributed by atoms with Crippen molar-refractivity contribution >= 4 is 38.3 Å². The molecule has 0 amide bonds. The molecule has 1 aliphatic heterocycles. The average Bonchev–Trinajstić information content (AvgIpc) is 3.01. The molecule has 0 saturated carbocycles. The Kier molecular flexibility index (Phi) is 4.36. The minimum absolute atomic E-state index is 0.164. The molecule has 0 aliphatic carbocycles. The summed E-state index contributed by atoms with van der Waals surface area (Å²) in [6.45, 7) is 2.11. The zero-order chi connectivity index (χ0) is 16.6. The summed E-state index contributed by atoms with van der Waals surface area (Å²) in [5, 5.41) is 0.557. The van der Waals surface area contributed by atoms with Gasteiger partial charge in [0, 0.05) is 0 Å². The van der Waals surface area contributed by atoms with Crippen LogP contribution in [0.5, 0.6) is 0 Å². The Labute approximate surface area is 144 Å². The van der Waals surface area contributed by atoms with Crippen LogP contribution in [0.15, 0.2) is 52.4 Å². The van der Waals surface area contributed by atoms with E-state index < -0.39 is 15.9 Å². The fourth-order valence-electron chi connectivity index (χ4n) is 2.21. The van der Waals surface area contributed by atoms with E-state index in [0.29, 0.717) is 10.0 Å². The Balaban J connectivity index is 1.83. The third-order valence-electron chi connectivity index (χ3n) is 3.51. The Hall–Kier alpha value is -1.56. The van der Waals surface area contributed by atoms with Gasteiger partial charge in [-0.05, 0) is 36.8 Å². The Morgan fingerprint density at radius 2 is 1.78 bits per heavy atom. The molecular weight excluding hydrogens is 357 g/mol. The van der Waals surface area contributed by atoms with Gasteiger partial charge in [-0.3, -0.25) is 0 Å². The third kappa shape index (κ3) is 3.22. The van der Waals surface area contributed by atoms with Gasteiger partial charge in [0.15, 0.2) is 0 Å². The maximum atomic E-state index is 12.5. The molecule has 2 aromatic rings. The first-order valence-electron chi connectivity index (χ1n) is 6.86. The molecule has 0 radical (unpaired) electrons. The summed E-state index contributed by atoms with van der Waals surface area (Å²) in [6.07, 6.45) is -0.486. The lowest BCUT2D eigenvalue weighted by molar-refractivity contribution is 0.234. The van der Waals surface area contributed by atoms with Crippen LogP contribution in [0.1, 0.15) is 17.2 Å². The van der Waals surface area contributed by atoms with Crippen molar-refractivity contribution in [3.05, 3.63) is 63.6 Å². The predicted molar refractivity (Wildman–Crippen MR) is 91.0 cm³/mol. The van der Waals surface area contributed by atoms with E-state index in [0.717, 1.165) is 11.1 Å². The fourth-order valence-corrected chi connectivity index (χ4v) is 3.70. The minimum atomic E-state index is -3.75. The van der Waals surface area contributed by atoms with E-state index >= 15 is 0 Å². The molecule has 3 rings (SSSR count). The fraction of sp³-hybridized carbons (Fsp3) is 0.188. The molecule has 0 N–H and O–H groups in total. The van der Waals surface area contributed by atoms with Crippen molar-refractivity contribution in [3.63, 3.8) is 0 Å². The summed E-state index contributed by atoms with van der Waals surface area (Å²) < 4.78 is 30.6. The smallest absolute Gasteiger partial charge is 0.310 e. The van der Waals surface area contributed by atoms with Crippen LogP contribution < -0.4 is 0 Å². The maximum Gasteiger partial charge on any atom is 0.310 e. The number of ether oxygens (including phenoxy) is 1. The van der Waals surface area contributed by atoms with Crippen molar-refractivity contribution in [2.45, 2.75) is 17.9 Å². The van der Waals surface area contributed by atoms with Crippen LogP contribution in [0.2, 0.25) is 10.0 Å². The first-order chi connectivity index (χ1) is 10.9. The average molecular weight is 370 g/mol. The molecule has 1 aliphatic rings. The molecule has 120 valence electrons. The number of benzene rings is 2. The Morgan fingerprint density at radius 1 is 1.09 bits per heavy atom. The van der Waals surface area contributed by atoms with Crippen molar-refractivity contribution in [2.24, 2.45) is 4.99 Å². The molecule has 23 heavy (non-hydrogen) atoms. The van der Waals surface area contributed by atoms with E-state index in [-0.39, 0.29) is 16.7 Å². The first-order valence-corrected chi connectivity index (χ1v) is 9.09. The lowest BCUT2D eigenvalue weighted by atomic mass is 10.1. The number of hydrogen-bond donors (Lipinski definition) is 0. The topological polar surface area (TPSA) is 55.7 Å². The summed E-state index contributed by atoms with van der Waals surface area (Å²) in [4.78, 5) is 4.21. The van der Waals surface area contributed by atoms with Gasteiger partial charge in [-0.1, -0.05) is 47.0 Å². The number of hydrogen-bond acceptors (Lipinski definition) is 4. The molecule has 0 aromatic heterocycles. The van der Waals surface area contributed by atoms with Crippen LogP contribution in [0.4, 0.5) is 0 Å². The van der Waals surface area contributed by atoms with E-state index in [2.05, 4.69) is 4.99 Å². The monoisotopic (exact) mass is 369 g/mol. The second-order valence-corrected chi connectivity index (χ2v) is 7.85. The number of aliphatic imine (C=N–C) groups is 1. The van der Waals surface area contributed by atoms with E-state index in [9.17, 15) is 8.42 Å². The second-order valence-electron chi connectivity index (χ2n) is 5.20. The zero-order valence-corrected chi connectivity index (χ0v) is 14.5. The number of halogens is 2. The molecular formula is C16H13Cl2NO3S. The van der Waals surface area contributed by atoms with Crippen LogP contribution in [0.25, 0.3) is 0 Å². The van der Waals surface area contributed by atoms with Crippen LogP contribution >= 0.6 is 23.2 Å². The molecule has 0 spiro atoms. The summed E-state index contributed by atoms with van der Waals surface area (Å²) in [6, 6.07) is 11.6. The van der Waals surface area contributed by atoms with E-state index in [4.69, 9.17) is 27.9 Å². The van der Waals surface area contributed by atoms with Gasteiger partial charge in [-0.25, -0.2) is 13.4 Å². The van der Waals surface area contributed by atoms with Gasteiger partial charge < -0.3 is 4.74 Å². The zero-order valence-electron chi connectivity index (χ0n) is 12.2. The number of aryl methyl sites for hydroxylation is 1. The summed E-state index contributed by atoms with van der Waals surface area (Å²) >= 11 is 11.9. The highest BCUT2D eigenvalue weighted by molar-refractivity contribution is 8.06. The van der Waals surface area contributed by atoms with Crippen LogP contribution in [0, 0.1) is 6.92 Å². The second kappa shape index (κ2) is 6.15. The van der Waals surface area contributed by atoms with E-state index in [1.54, 1.807) is 42.5 Å². The highest BCUT2D eigenvalue weighted by Gasteiger charge is 2.32. The van der Waals surface area contributed by atoms with E-state index in [1.165, 1.54) is 0 Å². The van der Waals surface area contributed by atoms with Crippen LogP contribution in [-0.2, 0) is 14.6 Å². The van der Waals surface area contributed by atoms with Crippen molar-refractivity contribution in [2.75, 3.05) is 6.54 Å². The highest BCUT2D eigenvalue weighted by atomic mass is 35.5. The molecule has 0 fully saturated rings. The Morgan fingerprint density at radius 3 is 2.43 bits per heavy atom. The van der Waals surface area contributed by atoms with Gasteiger partial charge in [0.1, 0.15) is 6.10 Å². The maximum absolute atomic E-state index is 12.5. The quantitative estimate of drug-likeness (QED) is 0.796. The molecule has 0 unspecified atom stereocenters. The summed E-state index contributed by atoms with van der Waals surface area (Å²) in [7, 11) is -3.75. The van der Waals surface area contributed by atoms with Gasteiger partial charge >= 0.3 is 5.23 Å². The molecule has 0 saturated heterocycles. The van der Waals surface area contributed by atoms with E-state index in [1.807, 2.05) is 6.92 Å². The molecule has 7 heteroatoms. The standard InChI is InChI=1S/C16H13Cl2NO3S/c1-10-2-5-12(6-3-10)23(20,21)16-19-9-15(22-16)11-4-7-13(17)14(18)8-11/h2-8,15H,9H2,1H3/t15-/m0/s1. The van der Waals surface area contributed by atoms with Gasteiger partial charge in [0.25, 0.3) is 9.84 Å². The lowest BCUT2D eigenvalue weighted by Crippen LogP contribution is -2.16. The van der Waals surface area contributed by atoms with Crippen molar-refractivity contribution in [3.8, 4) is 0 Å². The van der Waals surface area contributed by atoms with Crippen molar-refractivity contribution in [1.29, 1.82) is 0 Å². The normalized spacial score (nSPS) is 17.7. The van der Waals surface area contributed by atoms with Gasteiger partial charge in [0.2, 0.25) is 0 Å². The first kappa shape index (κ1) is 16.3. The number of nitrogens with zero attached hydrogens (tertiary/aromatic N) is 1. The number of sulfone groups is 1. The predicted octanol–water partition coefficient (Wildman–Crippen LogP) is 4.20.